The molecule has 108 valence electrons. The molecule has 3 aromatic rings. The van der Waals surface area contributed by atoms with Gasteiger partial charge in [-0.2, -0.15) is 0 Å². The molecule has 5 heteroatoms. The summed E-state index contributed by atoms with van der Waals surface area (Å²) in [4.78, 5) is 4.42. The molecule has 2 aromatic carbocycles. The lowest BCUT2D eigenvalue weighted by Crippen LogP contribution is -2.02. The first-order valence-electron chi connectivity index (χ1n) is 6.76. The molecule has 1 N–H and O–H groups in total. The van der Waals surface area contributed by atoms with Crippen molar-refractivity contribution in [1.82, 2.24) is 4.98 Å². The summed E-state index contributed by atoms with van der Waals surface area (Å²) in [5.74, 6) is 0.684. The molecule has 0 saturated carbocycles. The highest BCUT2D eigenvalue weighted by Gasteiger charge is 2.10. The Labute approximate surface area is 132 Å². The number of fused-ring (bicyclic) bond motifs is 1. The van der Waals surface area contributed by atoms with Crippen molar-refractivity contribution in [1.29, 1.82) is 0 Å². The van der Waals surface area contributed by atoms with Crippen LogP contribution in [0.3, 0.4) is 0 Å². The van der Waals surface area contributed by atoms with Gasteiger partial charge in [-0.25, -0.2) is 4.98 Å². The molecule has 0 amide bonds. The minimum Gasteiger partial charge on any atom is -0.439 e. The van der Waals surface area contributed by atoms with E-state index in [9.17, 15) is 0 Å². The van der Waals surface area contributed by atoms with Gasteiger partial charge in [0.2, 0.25) is 0 Å². The van der Waals surface area contributed by atoms with Gasteiger partial charge >= 0.3 is 0 Å². The van der Waals surface area contributed by atoms with Crippen LogP contribution in [0, 0.1) is 0 Å². The third-order valence-corrected chi connectivity index (χ3v) is 3.62. The van der Waals surface area contributed by atoms with Gasteiger partial charge in [0.1, 0.15) is 5.52 Å². The second-order valence-corrected chi connectivity index (χ2v) is 5.58. The van der Waals surface area contributed by atoms with Gasteiger partial charge in [0, 0.05) is 23.7 Å². The van der Waals surface area contributed by atoms with E-state index in [1.807, 2.05) is 30.3 Å². The van der Waals surface area contributed by atoms with Gasteiger partial charge in [-0.05, 0) is 30.7 Å². The molecule has 0 aliphatic carbocycles. The predicted octanol–water partition coefficient (Wildman–Crippen LogP) is 5.18. The average Bonchev–Trinajstić information content (AvgIpc) is 2.88. The Hall–Kier alpha value is -1.71. The number of benzene rings is 2. The number of rotatable bonds is 5. The first-order valence-corrected chi connectivity index (χ1v) is 7.51. The first kappa shape index (κ1) is 14.2. The monoisotopic (exact) mass is 320 g/mol. The second kappa shape index (κ2) is 6.37. The van der Waals surface area contributed by atoms with Crippen molar-refractivity contribution < 1.29 is 4.42 Å². The molecule has 0 fully saturated rings. The minimum absolute atomic E-state index is 0.499. The lowest BCUT2D eigenvalue weighted by atomic mass is 10.3. The van der Waals surface area contributed by atoms with Gasteiger partial charge in [-0.3, -0.25) is 0 Å². The molecule has 3 rings (SSSR count). The SMILES string of the molecule is Clc1cc(Cl)c2oc(CCCNc3ccccc3)nc2c1. The lowest BCUT2D eigenvalue weighted by molar-refractivity contribution is 0.523. The molecule has 0 saturated heterocycles. The van der Waals surface area contributed by atoms with Crippen LogP contribution in [0.4, 0.5) is 5.69 Å². The van der Waals surface area contributed by atoms with Crippen molar-refractivity contribution in [2.45, 2.75) is 12.8 Å². The standard InChI is InChI=1S/C16H14Cl2N2O/c17-11-9-13(18)16-14(10-11)20-15(21-16)7-4-8-19-12-5-2-1-3-6-12/h1-3,5-6,9-10,19H,4,7-8H2. The van der Waals surface area contributed by atoms with E-state index in [4.69, 9.17) is 27.6 Å². The number of halogens is 2. The molecule has 0 bridgehead atoms. The molecule has 0 aliphatic rings. The fourth-order valence-electron chi connectivity index (χ4n) is 2.14. The quantitative estimate of drug-likeness (QED) is 0.658. The van der Waals surface area contributed by atoms with Crippen molar-refractivity contribution in [3.8, 4) is 0 Å². The van der Waals surface area contributed by atoms with Crippen LogP contribution in [0.1, 0.15) is 12.3 Å². The van der Waals surface area contributed by atoms with Crippen molar-refractivity contribution in [2.75, 3.05) is 11.9 Å². The summed E-state index contributed by atoms with van der Waals surface area (Å²) in [7, 11) is 0. The fourth-order valence-corrected chi connectivity index (χ4v) is 2.66. The highest BCUT2D eigenvalue weighted by atomic mass is 35.5. The number of aryl methyl sites for hydroxylation is 1. The third kappa shape index (κ3) is 3.49. The normalized spacial score (nSPS) is 11.0. The van der Waals surface area contributed by atoms with Crippen molar-refractivity contribution in [3.63, 3.8) is 0 Å². The smallest absolute Gasteiger partial charge is 0.195 e. The van der Waals surface area contributed by atoms with Crippen LogP contribution in [0.2, 0.25) is 10.0 Å². The number of aromatic nitrogens is 1. The van der Waals surface area contributed by atoms with Gasteiger partial charge in [0.25, 0.3) is 0 Å². The molecular weight excluding hydrogens is 307 g/mol. The van der Waals surface area contributed by atoms with Gasteiger partial charge in [0.15, 0.2) is 11.5 Å². The molecule has 0 radical (unpaired) electrons. The number of para-hydroxylation sites is 1. The van der Waals surface area contributed by atoms with Crippen LogP contribution in [0.15, 0.2) is 46.9 Å². The molecule has 0 aliphatic heterocycles. The minimum atomic E-state index is 0.499. The van der Waals surface area contributed by atoms with E-state index in [0.29, 0.717) is 27.0 Å². The Balaban J connectivity index is 1.59. The number of anilines is 1. The van der Waals surface area contributed by atoms with Gasteiger partial charge < -0.3 is 9.73 Å². The number of hydrogen-bond acceptors (Lipinski definition) is 3. The van der Waals surface area contributed by atoms with E-state index in [2.05, 4.69) is 10.3 Å². The van der Waals surface area contributed by atoms with E-state index >= 15 is 0 Å². The molecule has 0 spiro atoms. The third-order valence-electron chi connectivity index (χ3n) is 3.12. The van der Waals surface area contributed by atoms with Crippen molar-refractivity contribution >= 4 is 40.0 Å². The number of hydrogen-bond donors (Lipinski definition) is 1. The average molecular weight is 321 g/mol. The zero-order valence-corrected chi connectivity index (χ0v) is 12.8. The molecule has 3 nitrogen and oxygen atoms in total. The molecule has 21 heavy (non-hydrogen) atoms. The van der Waals surface area contributed by atoms with Gasteiger partial charge in [0.05, 0.1) is 5.02 Å². The zero-order valence-electron chi connectivity index (χ0n) is 11.3. The van der Waals surface area contributed by atoms with Gasteiger partial charge in [-0.15, -0.1) is 0 Å². The zero-order chi connectivity index (χ0) is 14.7. The Morgan fingerprint density at radius 2 is 1.90 bits per heavy atom. The van der Waals surface area contributed by atoms with Crippen LogP contribution in [-0.2, 0) is 6.42 Å². The first-order chi connectivity index (χ1) is 10.2. The molecule has 0 unspecified atom stereocenters. The Morgan fingerprint density at radius 3 is 2.71 bits per heavy atom. The van der Waals surface area contributed by atoms with Crippen LogP contribution in [0.5, 0.6) is 0 Å². The summed E-state index contributed by atoms with van der Waals surface area (Å²) in [6.07, 6.45) is 1.68. The maximum Gasteiger partial charge on any atom is 0.195 e. The van der Waals surface area contributed by atoms with Crippen LogP contribution >= 0.6 is 23.2 Å². The van der Waals surface area contributed by atoms with Crippen LogP contribution < -0.4 is 5.32 Å². The lowest BCUT2D eigenvalue weighted by Gasteiger charge is -2.04. The molecule has 1 heterocycles. The fraction of sp³-hybridized carbons (Fsp3) is 0.188. The summed E-state index contributed by atoms with van der Waals surface area (Å²) < 4.78 is 5.68. The summed E-state index contributed by atoms with van der Waals surface area (Å²) in [5.41, 5.74) is 2.43. The van der Waals surface area contributed by atoms with Crippen molar-refractivity contribution in [3.05, 3.63) is 58.4 Å². The van der Waals surface area contributed by atoms with Gasteiger partial charge in [-0.1, -0.05) is 41.4 Å². The van der Waals surface area contributed by atoms with Crippen LogP contribution in [0.25, 0.3) is 11.1 Å². The van der Waals surface area contributed by atoms with E-state index in [1.165, 1.54) is 0 Å². The Morgan fingerprint density at radius 1 is 1.10 bits per heavy atom. The molecule has 1 aromatic heterocycles. The van der Waals surface area contributed by atoms with E-state index in [0.717, 1.165) is 25.1 Å². The number of nitrogens with one attached hydrogen (secondary N) is 1. The predicted molar refractivity (Wildman–Crippen MR) is 87.3 cm³/mol. The highest BCUT2D eigenvalue weighted by molar-refractivity contribution is 6.37. The number of nitrogens with zero attached hydrogens (tertiary/aromatic N) is 1. The highest BCUT2D eigenvalue weighted by Crippen LogP contribution is 2.28. The Bertz CT molecular complexity index is 741. The second-order valence-electron chi connectivity index (χ2n) is 4.74. The topological polar surface area (TPSA) is 38.1 Å². The molecular formula is C16H14Cl2N2O. The van der Waals surface area contributed by atoms with Crippen LogP contribution in [-0.4, -0.2) is 11.5 Å². The van der Waals surface area contributed by atoms with E-state index < -0.39 is 0 Å². The van der Waals surface area contributed by atoms with Crippen molar-refractivity contribution in [2.24, 2.45) is 0 Å². The summed E-state index contributed by atoms with van der Waals surface area (Å²) in [6.45, 7) is 0.858. The largest absolute Gasteiger partial charge is 0.439 e. The number of oxazole rings is 1. The van der Waals surface area contributed by atoms with E-state index in [-0.39, 0.29) is 0 Å². The summed E-state index contributed by atoms with van der Waals surface area (Å²) >= 11 is 12.0. The summed E-state index contributed by atoms with van der Waals surface area (Å²) in [6, 6.07) is 13.5. The maximum atomic E-state index is 6.09. The molecule has 0 atom stereocenters. The summed E-state index contributed by atoms with van der Waals surface area (Å²) in [5, 5.41) is 4.42. The maximum absolute atomic E-state index is 6.09. The Kier molecular flexibility index (Phi) is 4.32. The van der Waals surface area contributed by atoms with E-state index in [1.54, 1.807) is 12.1 Å².